The van der Waals surface area contributed by atoms with Gasteiger partial charge >= 0.3 is 5.97 Å². The molecule has 0 radical (unpaired) electrons. The Labute approximate surface area is 89.8 Å². The minimum atomic E-state index is -0.796. The van der Waals surface area contributed by atoms with E-state index >= 15 is 0 Å². The fourth-order valence-corrected chi connectivity index (χ4v) is 1.28. The Morgan fingerprint density at radius 2 is 2.27 bits per heavy atom. The summed E-state index contributed by atoms with van der Waals surface area (Å²) in [5.41, 5.74) is -0.741. The number of hydrogen-bond donors (Lipinski definition) is 2. The number of aliphatic carboxylic acids is 1. The zero-order chi connectivity index (χ0) is 11.3. The van der Waals surface area contributed by atoms with Gasteiger partial charge in [0.05, 0.1) is 31.3 Å². The van der Waals surface area contributed by atoms with Crippen molar-refractivity contribution in [2.75, 3.05) is 32.9 Å². The first-order valence-electron chi connectivity index (χ1n) is 5.16. The molecular formula is C10H19NO4. The van der Waals surface area contributed by atoms with E-state index in [1.54, 1.807) is 13.8 Å². The summed E-state index contributed by atoms with van der Waals surface area (Å²) < 4.78 is 10.6. The highest BCUT2D eigenvalue weighted by molar-refractivity contribution is 5.73. The topological polar surface area (TPSA) is 67.8 Å². The van der Waals surface area contributed by atoms with E-state index in [1.807, 2.05) is 0 Å². The molecule has 0 amide bonds. The molecule has 0 spiro atoms. The predicted molar refractivity (Wildman–Crippen MR) is 54.8 cm³/mol. The van der Waals surface area contributed by atoms with Crippen LogP contribution in [0.1, 0.15) is 13.8 Å². The maximum Gasteiger partial charge on any atom is 0.310 e. The van der Waals surface area contributed by atoms with Gasteiger partial charge in [0.1, 0.15) is 0 Å². The molecule has 1 rings (SSSR count). The van der Waals surface area contributed by atoms with Crippen molar-refractivity contribution in [1.29, 1.82) is 0 Å². The molecule has 1 heterocycles. The lowest BCUT2D eigenvalue weighted by Gasteiger charge is -2.25. The molecule has 0 aromatic rings. The average molecular weight is 217 g/mol. The maximum absolute atomic E-state index is 10.8. The van der Waals surface area contributed by atoms with Crippen LogP contribution >= 0.6 is 0 Å². The third kappa shape index (κ3) is 4.15. The molecule has 0 aliphatic carbocycles. The molecule has 5 nitrogen and oxygen atoms in total. The van der Waals surface area contributed by atoms with E-state index in [4.69, 9.17) is 14.6 Å². The van der Waals surface area contributed by atoms with Gasteiger partial charge in [-0.1, -0.05) is 0 Å². The molecule has 5 heteroatoms. The highest BCUT2D eigenvalue weighted by Crippen LogP contribution is 2.13. The quantitative estimate of drug-likeness (QED) is 0.683. The van der Waals surface area contributed by atoms with Crippen molar-refractivity contribution in [2.24, 2.45) is 5.41 Å². The smallest absolute Gasteiger partial charge is 0.310 e. The van der Waals surface area contributed by atoms with Crippen molar-refractivity contribution in [3.05, 3.63) is 0 Å². The van der Waals surface area contributed by atoms with Crippen LogP contribution in [0.25, 0.3) is 0 Å². The second kappa shape index (κ2) is 5.44. The number of ether oxygens (including phenoxy) is 2. The van der Waals surface area contributed by atoms with Crippen LogP contribution in [-0.4, -0.2) is 50.1 Å². The van der Waals surface area contributed by atoms with Crippen LogP contribution in [0.4, 0.5) is 0 Å². The maximum atomic E-state index is 10.8. The van der Waals surface area contributed by atoms with E-state index in [-0.39, 0.29) is 6.10 Å². The summed E-state index contributed by atoms with van der Waals surface area (Å²) in [4.78, 5) is 10.8. The van der Waals surface area contributed by atoms with Gasteiger partial charge in [0.2, 0.25) is 0 Å². The van der Waals surface area contributed by atoms with Gasteiger partial charge in [0.15, 0.2) is 0 Å². The van der Waals surface area contributed by atoms with Crippen molar-refractivity contribution in [3.8, 4) is 0 Å². The molecule has 0 saturated carbocycles. The van der Waals surface area contributed by atoms with Gasteiger partial charge in [-0.2, -0.15) is 0 Å². The molecule has 1 fully saturated rings. The first-order chi connectivity index (χ1) is 7.02. The van der Waals surface area contributed by atoms with Gasteiger partial charge in [-0.3, -0.25) is 4.79 Å². The van der Waals surface area contributed by atoms with Crippen LogP contribution in [0.15, 0.2) is 0 Å². The van der Waals surface area contributed by atoms with Gasteiger partial charge in [-0.05, 0) is 13.8 Å². The summed E-state index contributed by atoms with van der Waals surface area (Å²) in [5.74, 6) is -0.796. The van der Waals surface area contributed by atoms with Crippen LogP contribution in [0.5, 0.6) is 0 Å². The normalized spacial score (nSPS) is 22.7. The van der Waals surface area contributed by atoms with Crippen LogP contribution in [0, 0.1) is 5.41 Å². The lowest BCUT2D eigenvalue weighted by molar-refractivity contribution is -0.146. The Kier molecular flexibility index (Phi) is 4.50. The third-order valence-electron chi connectivity index (χ3n) is 2.40. The summed E-state index contributed by atoms with van der Waals surface area (Å²) in [5, 5.41) is 12.0. The zero-order valence-corrected chi connectivity index (χ0v) is 9.28. The highest BCUT2D eigenvalue weighted by Gasteiger charge is 2.27. The van der Waals surface area contributed by atoms with E-state index in [2.05, 4.69) is 5.32 Å². The lowest BCUT2D eigenvalue weighted by Crippen LogP contribution is -2.42. The molecule has 15 heavy (non-hydrogen) atoms. The number of rotatable bonds is 5. The molecule has 88 valence electrons. The van der Waals surface area contributed by atoms with Crippen LogP contribution in [0.3, 0.4) is 0 Å². The van der Waals surface area contributed by atoms with Crippen molar-refractivity contribution < 1.29 is 19.4 Å². The standard InChI is InChI=1S/C10H19NO4/c1-10(2,9(12)13)7-11-5-8-6-14-3-4-15-8/h8,11H,3-7H2,1-2H3,(H,12,13). The first kappa shape index (κ1) is 12.4. The fraction of sp³-hybridized carbons (Fsp3) is 0.900. The van der Waals surface area contributed by atoms with Crippen molar-refractivity contribution in [3.63, 3.8) is 0 Å². The summed E-state index contributed by atoms with van der Waals surface area (Å²) >= 11 is 0. The third-order valence-corrected chi connectivity index (χ3v) is 2.40. The van der Waals surface area contributed by atoms with E-state index in [0.29, 0.717) is 32.9 Å². The molecule has 1 aliphatic heterocycles. The molecule has 1 aliphatic rings. The van der Waals surface area contributed by atoms with Crippen LogP contribution in [-0.2, 0) is 14.3 Å². The Bertz CT molecular complexity index is 211. The minimum absolute atomic E-state index is 0.0448. The van der Waals surface area contributed by atoms with E-state index in [0.717, 1.165) is 0 Å². The Hall–Kier alpha value is -0.650. The second-order valence-electron chi connectivity index (χ2n) is 4.39. The summed E-state index contributed by atoms with van der Waals surface area (Å²) in [6.45, 7) is 6.31. The van der Waals surface area contributed by atoms with Gasteiger partial charge in [-0.25, -0.2) is 0 Å². The lowest BCUT2D eigenvalue weighted by atomic mass is 9.94. The molecule has 1 atom stereocenters. The number of nitrogens with one attached hydrogen (secondary N) is 1. The van der Waals surface area contributed by atoms with Crippen LogP contribution < -0.4 is 5.32 Å². The molecule has 1 saturated heterocycles. The van der Waals surface area contributed by atoms with Crippen LogP contribution in [0.2, 0.25) is 0 Å². The second-order valence-corrected chi connectivity index (χ2v) is 4.39. The van der Waals surface area contributed by atoms with Gasteiger partial charge in [0, 0.05) is 13.1 Å². The number of carbonyl (C=O) groups is 1. The Morgan fingerprint density at radius 3 is 2.80 bits per heavy atom. The van der Waals surface area contributed by atoms with Gasteiger partial charge in [0.25, 0.3) is 0 Å². The first-order valence-corrected chi connectivity index (χ1v) is 5.16. The molecular weight excluding hydrogens is 198 g/mol. The van der Waals surface area contributed by atoms with E-state index in [9.17, 15) is 4.79 Å². The molecule has 0 bridgehead atoms. The van der Waals surface area contributed by atoms with Gasteiger partial charge < -0.3 is 19.9 Å². The van der Waals surface area contributed by atoms with Crippen molar-refractivity contribution in [2.45, 2.75) is 20.0 Å². The summed E-state index contributed by atoms with van der Waals surface area (Å²) in [6.07, 6.45) is 0.0448. The fourth-order valence-electron chi connectivity index (χ4n) is 1.28. The van der Waals surface area contributed by atoms with Crippen molar-refractivity contribution in [1.82, 2.24) is 5.32 Å². The Balaban J connectivity index is 2.17. The molecule has 2 N–H and O–H groups in total. The highest BCUT2D eigenvalue weighted by atomic mass is 16.6. The summed E-state index contributed by atoms with van der Waals surface area (Å²) in [6, 6.07) is 0. The number of carboxylic acids is 1. The Morgan fingerprint density at radius 1 is 1.53 bits per heavy atom. The largest absolute Gasteiger partial charge is 0.481 e. The summed E-state index contributed by atoms with van der Waals surface area (Å²) in [7, 11) is 0. The SMILES string of the molecule is CC(C)(CNCC1COCCO1)C(=O)O. The monoisotopic (exact) mass is 217 g/mol. The minimum Gasteiger partial charge on any atom is -0.481 e. The zero-order valence-electron chi connectivity index (χ0n) is 9.28. The molecule has 0 aromatic carbocycles. The number of hydrogen-bond acceptors (Lipinski definition) is 4. The average Bonchev–Trinajstić information content (AvgIpc) is 2.19. The van der Waals surface area contributed by atoms with E-state index < -0.39 is 11.4 Å². The number of carboxylic acid groups (broad SMARTS) is 1. The van der Waals surface area contributed by atoms with Crippen molar-refractivity contribution >= 4 is 5.97 Å². The molecule has 1 unspecified atom stereocenters. The van der Waals surface area contributed by atoms with Gasteiger partial charge in [-0.15, -0.1) is 0 Å². The molecule has 0 aromatic heterocycles. The van der Waals surface area contributed by atoms with E-state index in [1.165, 1.54) is 0 Å². The predicted octanol–water partition coefficient (Wildman–Crippen LogP) is 0.102.